The number of aryl methyl sites for hydroxylation is 2. The van der Waals surface area contributed by atoms with E-state index in [4.69, 9.17) is 0 Å². The van der Waals surface area contributed by atoms with E-state index in [-0.39, 0.29) is 5.91 Å². The lowest BCUT2D eigenvalue weighted by Gasteiger charge is -2.09. The molecule has 1 amide bonds. The summed E-state index contributed by atoms with van der Waals surface area (Å²) >= 11 is 0. The molecular weight excluding hydrogens is 238 g/mol. The van der Waals surface area contributed by atoms with Gasteiger partial charge in [-0.25, -0.2) is 0 Å². The molecule has 0 unspecified atom stereocenters. The Kier molecular flexibility index (Phi) is 4.34. The third-order valence-electron chi connectivity index (χ3n) is 3.19. The number of aromatic nitrogens is 2. The number of nitrogens with zero attached hydrogens (tertiary/aromatic N) is 2. The summed E-state index contributed by atoms with van der Waals surface area (Å²) in [4.78, 5) is 15.8. The summed E-state index contributed by atoms with van der Waals surface area (Å²) in [5.41, 5.74) is 3.40. The molecule has 0 saturated heterocycles. The molecule has 0 saturated carbocycles. The third kappa shape index (κ3) is 3.68. The number of hydrogen-bond acceptors (Lipinski definition) is 2. The molecule has 0 aromatic carbocycles. The van der Waals surface area contributed by atoms with Crippen molar-refractivity contribution in [2.24, 2.45) is 0 Å². The van der Waals surface area contributed by atoms with Crippen LogP contribution < -0.4 is 5.32 Å². The number of carbonyl (C=O) groups excluding carboxylic acids is 1. The van der Waals surface area contributed by atoms with E-state index in [1.165, 1.54) is 11.4 Å². The van der Waals surface area contributed by atoms with Crippen LogP contribution in [0.1, 0.15) is 23.4 Å². The van der Waals surface area contributed by atoms with Crippen molar-refractivity contribution < 1.29 is 4.79 Å². The number of hydrogen-bond donors (Lipinski definition) is 1. The van der Waals surface area contributed by atoms with Crippen LogP contribution in [0.3, 0.4) is 0 Å². The Morgan fingerprint density at radius 3 is 2.63 bits per heavy atom. The molecule has 0 atom stereocenters. The Balaban J connectivity index is 1.79. The molecule has 0 aliphatic carbocycles. The molecule has 0 aliphatic rings. The van der Waals surface area contributed by atoms with E-state index >= 15 is 0 Å². The lowest BCUT2D eigenvalue weighted by molar-refractivity contribution is -0.121. The third-order valence-corrected chi connectivity index (χ3v) is 3.19. The van der Waals surface area contributed by atoms with Crippen LogP contribution in [0.2, 0.25) is 0 Å². The van der Waals surface area contributed by atoms with Gasteiger partial charge in [-0.3, -0.25) is 9.78 Å². The Labute approximate surface area is 113 Å². The van der Waals surface area contributed by atoms with Gasteiger partial charge in [0.1, 0.15) is 0 Å². The fourth-order valence-corrected chi connectivity index (χ4v) is 2.06. The largest absolute Gasteiger partial charge is 0.352 e. The predicted octanol–water partition coefficient (Wildman–Crippen LogP) is 2.21. The summed E-state index contributed by atoms with van der Waals surface area (Å²) in [5, 5.41) is 2.91. The van der Waals surface area contributed by atoms with Gasteiger partial charge in [0, 0.05) is 43.3 Å². The lowest BCUT2D eigenvalue weighted by atomic mass is 10.3. The highest BCUT2D eigenvalue weighted by atomic mass is 16.1. The maximum atomic E-state index is 11.8. The van der Waals surface area contributed by atoms with Crippen LogP contribution in [0.25, 0.3) is 0 Å². The minimum atomic E-state index is 0.0661. The van der Waals surface area contributed by atoms with Crippen molar-refractivity contribution in [3.05, 3.63) is 53.6 Å². The average molecular weight is 257 g/mol. The fraction of sp³-hybridized carbons (Fsp3) is 0.333. The van der Waals surface area contributed by atoms with E-state index in [0.29, 0.717) is 13.0 Å². The Morgan fingerprint density at radius 1 is 1.26 bits per heavy atom. The molecule has 0 radical (unpaired) electrons. The molecule has 2 rings (SSSR count). The molecule has 0 spiro atoms. The van der Waals surface area contributed by atoms with Crippen LogP contribution in [-0.2, 0) is 17.9 Å². The Hall–Kier alpha value is -2.10. The maximum absolute atomic E-state index is 11.8. The minimum absolute atomic E-state index is 0.0661. The van der Waals surface area contributed by atoms with Crippen molar-refractivity contribution >= 4 is 5.91 Å². The first-order valence-corrected chi connectivity index (χ1v) is 6.45. The summed E-state index contributed by atoms with van der Waals surface area (Å²) in [7, 11) is 0. The highest BCUT2D eigenvalue weighted by Crippen LogP contribution is 2.07. The van der Waals surface area contributed by atoms with Crippen molar-refractivity contribution in [1.29, 1.82) is 0 Å². The molecule has 2 aromatic heterocycles. The summed E-state index contributed by atoms with van der Waals surface area (Å²) < 4.78 is 2.16. The van der Waals surface area contributed by atoms with Gasteiger partial charge in [-0.2, -0.15) is 0 Å². The standard InChI is InChI=1S/C15H19N3O/c1-12-5-6-13(2)18(12)9-7-15(19)17-11-14-4-3-8-16-10-14/h3-6,8,10H,7,9,11H2,1-2H3,(H,17,19). The molecule has 4 heteroatoms. The van der Waals surface area contributed by atoms with Crippen LogP contribution in [0.5, 0.6) is 0 Å². The fourth-order valence-electron chi connectivity index (χ4n) is 2.06. The molecule has 100 valence electrons. The summed E-state index contributed by atoms with van der Waals surface area (Å²) in [6.45, 7) is 5.38. The SMILES string of the molecule is Cc1ccc(C)n1CCC(=O)NCc1cccnc1. The van der Waals surface area contributed by atoms with E-state index in [9.17, 15) is 4.79 Å². The van der Waals surface area contributed by atoms with Crippen LogP contribution in [-0.4, -0.2) is 15.5 Å². The number of rotatable bonds is 5. The van der Waals surface area contributed by atoms with Crippen LogP contribution in [0.4, 0.5) is 0 Å². The maximum Gasteiger partial charge on any atom is 0.222 e. The Morgan fingerprint density at radius 2 is 2.00 bits per heavy atom. The van der Waals surface area contributed by atoms with Crippen molar-refractivity contribution in [3.8, 4) is 0 Å². The van der Waals surface area contributed by atoms with E-state index < -0.39 is 0 Å². The van der Waals surface area contributed by atoms with Crippen molar-refractivity contribution in [2.45, 2.75) is 33.4 Å². The summed E-state index contributed by atoms with van der Waals surface area (Å²) in [5.74, 6) is 0.0661. The van der Waals surface area contributed by atoms with Crippen molar-refractivity contribution in [3.63, 3.8) is 0 Å². The van der Waals surface area contributed by atoms with Gasteiger partial charge in [-0.1, -0.05) is 6.07 Å². The van der Waals surface area contributed by atoms with Crippen LogP contribution in [0, 0.1) is 13.8 Å². The second kappa shape index (κ2) is 6.18. The second-order valence-electron chi connectivity index (χ2n) is 4.66. The lowest BCUT2D eigenvalue weighted by Crippen LogP contribution is -2.24. The molecule has 0 aliphatic heterocycles. The molecular formula is C15H19N3O. The second-order valence-corrected chi connectivity index (χ2v) is 4.66. The topological polar surface area (TPSA) is 46.9 Å². The number of nitrogens with one attached hydrogen (secondary N) is 1. The van der Waals surface area contributed by atoms with E-state index in [1.807, 2.05) is 12.1 Å². The molecule has 2 aromatic rings. The molecule has 4 nitrogen and oxygen atoms in total. The summed E-state index contributed by atoms with van der Waals surface area (Å²) in [6.07, 6.45) is 3.99. The average Bonchev–Trinajstić information content (AvgIpc) is 2.75. The van der Waals surface area contributed by atoms with Crippen molar-refractivity contribution in [1.82, 2.24) is 14.9 Å². The van der Waals surface area contributed by atoms with Gasteiger partial charge in [0.15, 0.2) is 0 Å². The van der Waals surface area contributed by atoms with E-state index in [1.54, 1.807) is 12.4 Å². The van der Waals surface area contributed by atoms with Gasteiger partial charge >= 0.3 is 0 Å². The zero-order chi connectivity index (χ0) is 13.7. The molecule has 2 heterocycles. The zero-order valence-corrected chi connectivity index (χ0v) is 11.4. The minimum Gasteiger partial charge on any atom is -0.352 e. The van der Waals surface area contributed by atoms with Gasteiger partial charge in [0.25, 0.3) is 0 Å². The van der Waals surface area contributed by atoms with E-state index in [0.717, 1.165) is 12.1 Å². The number of amides is 1. The van der Waals surface area contributed by atoms with Crippen LogP contribution in [0.15, 0.2) is 36.7 Å². The van der Waals surface area contributed by atoms with Gasteiger partial charge in [0.2, 0.25) is 5.91 Å². The van der Waals surface area contributed by atoms with Gasteiger partial charge in [-0.05, 0) is 37.6 Å². The number of carbonyl (C=O) groups is 1. The monoisotopic (exact) mass is 257 g/mol. The first kappa shape index (κ1) is 13.3. The quantitative estimate of drug-likeness (QED) is 0.892. The zero-order valence-electron chi connectivity index (χ0n) is 11.4. The predicted molar refractivity (Wildman–Crippen MR) is 74.6 cm³/mol. The normalized spacial score (nSPS) is 10.4. The highest BCUT2D eigenvalue weighted by Gasteiger charge is 2.05. The van der Waals surface area contributed by atoms with Gasteiger partial charge < -0.3 is 9.88 Å². The van der Waals surface area contributed by atoms with E-state index in [2.05, 4.69) is 40.8 Å². The van der Waals surface area contributed by atoms with Crippen LogP contribution >= 0.6 is 0 Å². The van der Waals surface area contributed by atoms with Gasteiger partial charge in [0.05, 0.1) is 0 Å². The van der Waals surface area contributed by atoms with Gasteiger partial charge in [-0.15, -0.1) is 0 Å². The molecule has 0 fully saturated rings. The number of pyridine rings is 1. The molecule has 1 N–H and O–H groups in total. The molecule has 19 heavy (non-hydrogen) atoms. The first-order valence-electron chi connectivity index (χ1n) is 6.45. The first-order chi connectivity index (χ1) is 9.16. The Bertz CT molecular complexity index is 526. The molecule has 0 bridgehead atoms. The highest BCUT2D eigenvalue weighted by molar-refractivity contribution is 5.75. The van der Waals surface area contributed by atoms with Crippen molar-refractivity contribution in [2.75, 3.05) is 0 Å². The smallest absolute Gasteiger partial charge is 0.222 e. The summed E-state index contributed by atoms with van der Waals surface area (Å²) in [6, 6.07) is 7.97.